The molecule has 1 aromatic rings. The lowest BCUT2D eigenvalue weighted by atomic mass is 10.2. The molecule has 0 aliphatic carbocycles. The summed E-state index contributed by atoms with van der Waals surface area (Å²) in [7, 11) is 1.44. The number of hydrogen-bond donors (Lipinski definition) is 3. The van der Waals surface area contributed by atoms with E-state index in [1.165, 1.54) is 30.2 Å². The van der Waals surface area contributed by atoms with Gasteiger partial charge < -0.3 is 20.4 Å². The van der Waals surface area contributed by atoms with Crippen molar-refractivity contribution in [3.63, 3.8) is 0 Å². The second kappa shape index (κ2) is 7.01. The Labute approximate surface area is 119 Å². The number of thiophene rings is 1. The molecule has 0 fully saturated rings. The lowest BCUT2D eigenvalue weighted by Gasteiger charge is -2.20. The molecule has 8 heteroatoms. The van der Waals surface area contributed by atoms with Gasteiger partial charge in [0, 0.05) is 7.05 Å². The summed E-state index contributed by atoms with van der Waals surface area (Å²) >= 11 is 1.25. The molecule has 0 unspecified atom stereocenters. The van der Waals surface area contributed by atoms with Crippen molar-refractivity contribution in [2.24, 2.45) is 0 Å². The number of aliphatic carboxylic acids is 1. The quantitative estimate of drug-likeness (QED) is 0.673. The van der Waals surface area contributed by atoms with Crippen LogP contribution in [0.4, 0.5) is 0 Å². The zero-order chi connectivity index (χ0) is 15.3. The standard InChI is InChI=1S/C12H16N2O5S/c1-7(15)10(12(18)19)13-9(16)6-14(2)11(17)8-4-3-5-20-8/h3-5,7,10,15H,6H2,1-2H3,(H,13,16)(H,18,19)/t7-,10+/m1/s1. The number of likely N-dealkylation sites (N-methyl/N-ethyl adjacent to an activating group) is 1. The predicted octanol–water partition coefficient (Wildman–Crippen LogP) is -0.230. The summed E-state index contributed by atoms with van der Waals surface area (Å²) in [5, 5.41) is 22.0. The van der Waals surface area contributed by atoms with Crippen molar-refractivity contribution >= 4 is 29.1 Å². The van der Waals surface area contributed by atoms with Crippen LogP contribution in [0.15, 0.2) is 17.5 Å². The van der Waals surface area contributed by atoms with Gasteiger partial charge in [0.1, 0.15) is 0 Å². The van der Waals surface area contributed by atoms with Gasteiger partial charge in [0.05, 0.1) is 17.5 Å². The molecule has 0 radical (unpaired) electrons. The van der Waals surface area contributed by atoms with Crippen LogP contribution in [0.3, 0.4) is 0 Å². The third-order valence-corrected chi connectivity index (χ3v) is 3.38. The first kappa shape index (κ1) is 16.1. The minimum Gasteiger partial charge on any atom is -0.480 e. The predicted molar refractivity (Wildman–Crippen MR) is 72.5 cm³/mol. The number of aliphatic hydroxyl groups excluding tert-OH is 1. The van der Waals surface area contributed by atoms with Crippen LogP contribution >= 0.6 is 11.3 Å². The van der Waals surface area contributed by atoms with Crippen molar-refractivity contribution in [1.82, 2.24) is 10.2 Å². The average Bonchev–Trinajstić information content (AvgIpc) is 2.87. The number of aliphatic hydroxyl groups is 1. The van der Waals surface area contributed by atoms with E-state index in [4.69, 9.17) is 5.11 Å². The molecule has 0 aromatic carbocycles. The minimum absolute atomic E-state index is 0.284. The summed E-state index contributed by atoms with van der Waals surface area (Å²) in [6.07, 6.45) is -1.23. The molecule has 0 saturated carbocycles. The van der Waals surface area contributed by atoms with E-state index in [1.807, 2.05) is 0 Å². The molecule has 0 aliphatic heterocycles. The molecule has 2 atom stereocenters. The first-order valence-electron chi connectivity index (χ1n) is 5.82. The number of carbonyl (C=O) groups excluding carboxylic acids is 2. The molecule has 1 heterocycles. The van der Waals surface area contributed by atoms with Crippen LogP contribution in [0.5, 0.6) is 0 Å². The van der Waals surface area contributed by atoms with Gasteiger partial charge in [-0.2, -0.15) is 0 Å². The SMILES string of the molecule is C[C@@H](O)[C@H](NC(=O)CN(C)C(=O)c1cccs1)C(=O)O. The fourth-order valence-electron chi connectivity index (χ4n) is 1.48. The number of carboxylic acids is 1. The van der Waals surface area contributed by atoms with Gasteiger partial charge in [-0.05, 0) is 18.4 Å². The molecule has 20 heavy (non-hydrogen) atoms. The lowest BCUT2D eigenvalue weighted by molar-refractivity contribution is -0.144. The first-order chi connectivity index (χ1) is 9.32. The van der Waals surface area contributed by atoms with Crippen molar-refractivity contribution in [1.29, 1.82) is 0 Å². The molecule has 0 spiro atoms. The largest absolute Gasteiger partial charge is 0.480 e. The Bertz CT molecular complexity index is 486. The molecule has 2 amide bonds. The van der Waals surface area contributed by atoms with Crippen molar-refractivity contribution in [3.05, 3.63) is 22.4 Å². The van der Waals surface area contributed by atoms with Crippen molar-refractivity contribution < 1.29 is 24.6 Å². The van der Waals surface area contributed by atoms with Gasteiger partial charge >= 0.3 is 5.97 Å². The van der Waals surface area contributed by atoms with Crippen LogP contribution in [-0.4, -0.2) is 58.6 Å². The normalized spacial score (nSPS) is 13.3. The highest BCUT2D eigenvalue weighted by Gasteiger charge is 2.26. The zero-order valence-corrected chi connectivity index (χ0v) is 11.9. The summed E-state index contributed by atoms with van der Waals surface area (Å²) < 4.78 is 0. The van der Waals surface area contributed by atoms with Crippen molar-refractivity contribution in [2.75, 3.05) is 13.6 Å². The highest BCUT2D eigenvalue weighted by molar-refractivity contribution is 7.12. The molecule has 1 aromatic heterocycles. The van der Waals surface area contributed by atoms with Gasteiger partial charge in [-0.25, -0.2) is 4.79 Å². The van der Waals surface area contributed by atoms with Crippen molar-refractivity contribution in [2.45, 2.75) is 19.1 Å². The highest BCUT2D eigenvalue weighted by Crippen LogP contribution is 2.10. The van der Waals surface area contributed by atoms with Crippen LogP contribution in [-0.2, 0) is 9.59 Å². The lowest BCUT2D eigenvalue weighted by Crippen LogP contribution is -2.50. The van der Waals surface area contributed by atoms with E-state index in [0.29, 0.717) is 4.88 Å². The molecule has 7 nitrogen and oxygen atoms in total. The second-order valence-corrected chi connectivity index (χ2v) is 5.21. The Morgan fingerprint density at radius 3 is 2.55 bits per heavy atom. The molecule has 110 valence electrons. The number of amides is 2. The van der Waals surface area contributed by atoms with Gasteiger partial charge in [0.25, 0.3) is 5.91 Å². The summed E-state index contributed by atoms with van der Waals surface area (Å²) in [5.74, 6) is -2.30. The Morgan fingerprint density at radius 1 is 1.45 bits per heavy atom. The van der Waals surface area contributed by atoms with Gasteiger partial charge in [0.2, 0.25) is 5.91 Å². The summed E-state index contributed by atoms with van der Waals surface area (Å²) in [5.41, 5.74) is 0. The van der Waals surface area contributed by atoms with Gasteiger partial charge in [-0.1, -0.05) is 6.07 Å². The summed E-state index contributed by atoms with van der Waals surface area (Å²) in [4.78, 5) is 36.1. The Balaban J connectivity index is 2.57. The maximum Gasteiger partial charge on any atom is 0.328 e. The molecule has 0 saturated heterocycles. The van der Waals surface area contributed by atoms with E-state index in [1.54, 1.807) is 17.5 Å². The number of rotatable bonds is 6. The van der Waals surface area contributed by atoms with E-state index in [-0.39, 0.29) is 12.5 Å². The number of nitrogens with one attached hydrogen (secondary N) is 1. The second-order valence-electron chi connectivity index (χ2n) is 4.26. The number of carboxylic acid groups (broad SMARTS) is 1. The molecule has 1 rings (SSSR count). The Morgan fingerprint density at radius 2 is 2.10 bits per heavy atom. The number of nitrogens with zero attached hydrogens (tertiary/aromatic N) is 1. The van der Waals surface area contributed by atoms with Crippen LogP contribution in [0.25, 0.3) is 0 Å². The molecular weight excluding hydrogens is 284 g/mol. The van der Waals surface area contributed by atoms with E-state index in [9.17, 15) is 19.5 Å². The molecule has 0 bridgehead atoms. The maximum absolute atomic E-state index is 11.9. The van der Waals surface area contributed by atoms with Crippen LogP contribution in [0, 0.1) is 0 Å². The Kier molecular flexibility index (Phi) is 5.66. The van der Waals surface area contributed by atoms with E-state index in [0.717, 1.165) is 0 Å². The fourth-order valence-corrected chi connectivity index (χ4v) is 2.20. The topological polar surface area (TPSA) is 107 Å². The van der Waals surface area contributed by atoms with Gasteiger partial charge in [-0.15, -0.1) is 11.3 Å². The minimum atomic E-state index is -1.40. The third-order valence-electron chi connectivity index (χ3n) is 2.52. The van der Waals surface area contributed by atoms with E-state index >= 15 is 0 Å². The van der Waals surface area contributed by atoms with Gasteiger partial charge in [0.15, 0.2) is 6.04 Å². The van der Waals surface area contributed by atoms with E-state index < -0.39 is 24.0 Å². The average molecular weight is 300 g/mol. The van der Waals surface area contributed by atoms with Crippen LogP contribution in [0.2, 0.25) is 0 Å². The first-order valence-corrected chi connectivity index (χ1v) is 6.70. The summed E-state index contributed by atoms with van der Waals surface area (Å²) in [6.45, 7) is 0.979. The van der Waals surface area contributed by atoms with Crippen LogP contribution < -0.4 is 5.32 Å². The maximum atomic E-state index is 11.9. The van der Waals surface area contributed by atoms with Crippen LogP contribution in [0.1, 0.15) is 16.6 Å². The number of carbonyl (C=O) groups is 3. The smallest absolute Gasteiger partial charge is 0.328 e. The fraction of sp³-hybridized carbons (Fsp3) is 0.417. The van der Waals surface area contributed by atoms with Gasteiger partial charge in [-0.3, -0.25) is 9.59 Å². The zero-order valence-electron chi connectivity index (χ0n) is 11.1. The Hall–Kier alpha value is -1.93. The number of hydrogen-bond acceptors (Lipinski definition) is 5. The monoisotopic (exact) mass is 300 g/mol. The summed E-state index contributed by atoms with van der Waals surface area (Å²) in [6, 6.07) is 1.96. The highest BCUT2D eigenvalue weighted by atomic mass is 32.1. The third kappa shape index (κ3) is 4.32. The van der Waals surface area contributed by atoms with Crippen molar-refractivity contribution in [3.8, 4) is 0 Å². The molecule has 0 aliphatic rings. The van der Waals surface area contributed by atoms with E-state index in [2.05, 4.69) is 5.32 Å². The molecular formula is C12H16N2O5S. The molecule has 3 N–H and O–H groups in total.